The van der Waals surface area contributed by atoms with Crippen LogP contribution in [0.3, 0.4) is 0 Å². The van der Waals surface area contributed by atoms with Gasteiger partial charge in [0.15, 0.2) is 5.76 Å². The molecular weight excluding hydrogens is 296 g/mol. The van der Waals surface area contributed by atoms with Crippen LogP contribution < -0.4 is 10.1 Å². The molecule has 1 amide bonds. The molecule has 2 aromatic carbocycles. The van der Waals surface area contributed by atoms with Crippen LogP contribution in [0.25, 0.3) is 11.0 Å². The van der Waals surface area contributed by atoms with Gasteiger partial charge in [0, 0.05) is 16.6 Å². The summed E-state index contributed by atoms with van der Waals surface area (Å²) in [5, 5.41) is 3.70. The van der Waals surface area contributed by atoms with E-state index in [9.17, 15) is 9.18 Å². The fourth-order valence-electron chi connectivity index (χ4n) is 2.37. The quantitative estimate of drug-likeness (QED) is 0.762. The van der Waals surface area contributed by atoms with Crippen LogP contribution in [0, 0.1) is 6.92 Å². The maximum Gasteiger partial charge on any atom is 0.291 e. The highest BCUT2D eigenvalue weighted by atomic mass is 18.2. The van der Waals surface area contributed by atoms with Gasteiger partial charge in [-0.15, -0.1) is 0 Å². The van der Waals surface area contributed by atoms with Crippen LogP contribution in [-0.2, 0) is 0 Å². The van der Waals surface area contributed by atoms with Crippen molar-refractivity contribution in [2.24, 2.45) is 0 Å². The van der Waals surface area contributed by atoms with Crippen molar-refractivity contribution in [1.29, 1.82) is 0 Å². The first-order chi connectivity index (χ1) is 11.2. The minimum atomic E-state index is -0.538. The van der Waals surface area contributed by atoms with Gasteiger partial charge in [-0.05, 0) is 37.3 Å². The molecule has 0 unspecified atom stereocenters. The number of aryl methyl sites for hydroxylation is 1. The average molecular weight is 312 g/mol. The molecule has 0 aliphatic rings. The SMILES string of the molecule is Cc1c(C(=O)Nc2ccc(OCC[18F])cc2)oc2ccccc12. The number of carbonyl (C=O) groups excluding carboxylic acids is 1. The Morgan fingerprint density at radius 2 is 1.91 bits per heavy atom. The summed E-state index contributed by atoms with van der Waals surface area (Å²) < 4.78 is 22.8. The zero-order valence-corrected chi connectivity index (χ0v) is 12.6. The molecule has 3 rings (SSSR count). The van der Waals surface area contributed by atoms with Gasteiger partial charge >= 0.3 is 0 Å². The summed E-state index contributed by atoms with van der Waals surface area (Å²) in [5.74, 6) is 0.542. The van der Waals surface area contributed by atoms with Gasteiger partial charge in [0.05, 0.1) is 0 Å². The summed E-state index contributed by atoms with van der Waals surface area (Å²) in [7, 11) is 0. The van der Waals surface area contributed by atoms with Crippen molar-refractivity contribution in [1.82, 2.24) is 0 Å². The minimum Gasteiger partial charge on any atom is -0.491 e. The monoisotopic (exact) mass is 312 g/mol. The topological polar surface area (TPSA) is 51.5 Å². The largest absolute Gasteiger partial charge is 0.491 e. The molecule has 0 saturated carbocycles. The van der Waals surface area contributed by atoms with Crippen LogP contribution in [0.5, 0.6) is 5.75 Å². The van der Waals surface area contributed by atoms with E-state index in [0.717, 1.165) is 10.9 Å². The standard InChI is InChI=1S/C18H16FNO3/c1-12-15-4-2-3-5-16(15)23-17(12)18(21)20-13-6-8-14(9-7-13)22-11-10-19/h2-9H,10-11H2,1H3,(H,20,21)/i19-1. The van der Waals surface area contributed by atoms with Crippen LogP contribution >= 0.6 is 0 Å². The van der Waals surface area contributed by atoms with Crippen molar-refractivity contribution >= 4 is 22.6 Å². The normalized spacial score (nSPS) is 10.7. The molecule has 23 heavy (non-hydrogen) atoms. The molecule has 1 aromatic heterocycles. The summed E-state index contributed by atoms with van der Waals surface area (Å²) in [6, 6.07) is 14.3. The number of para-hydroxylation sites is 1. The van der Waals surface area contributed by atoms with E-state index in [-0.39, 0.29) is 12.5 Å². The first-order valence-corrected chi connectivity index (χ1v) is 7.27. The van der Waals surface area contributed by atoms with Gasteiger partial charge in [-0.25, -0.2) is 4.39 Å². The second kappa shape index (κ2) is 6.52. The lowest BCUT2D eigenvalue weighted by Gasteiger charge is -2.06. The third-order valence-corrected chi connectivity index (χ3v) is 3.51. The van der Waals surface area contributed by atoms with E-state index >= 15 is 0 Å². The Balaban J connectivity index is 1.76. The molecular formula is C18H16FNO3. The lowest BCUT2D eigenvalue weighted by atomic mass is 10.1. The van der Waals surface area contributed by atoms with Crippen molar-refractivity contribution < 1.29 is 18.3 Å². The Labute approximate surface area is 132 Å². The number of rotatable bonds is 5. The number of halogens is 1. The molecule has 3 aromatic rings. The number of fused-ring (bicyclic) bond motifs is 1. The van der Waals surface area contributed by atoms with E-state index in [2.05, 4.69) is 5.32 Å². The number of furan rings is 1. The van der Waals surface area contributed by atoms with Crippen molar-refractivity contribution in [2.75, 3.05) is 18.6 Å². The van der Waals surface area contributed by atoms with E-state index in [1.807, 2.05) is 31.2 Å². The summed E-state index contributed by atoms with van der Waals surface area (Å²) in [4.78, 5) is 12.4. The lowest BCUT2D eigenvalue weighted by Crippen LogP contribution is -2.12. The number of carbonyl (C=O) groups is 1. The molecule has 0 radical (unpaired) electrons. The Bertz CT molecular complexity index is 824. The number of hydrogen-bond donors (Lipinski definition) is 1. The van der Waals surface area contributed by atoms with E-state index < -0.39 is 6.67 Å². The van der Waals surface area contributed by atoms with Crippen LogP contribution in [0.1, 0.15) is 16.1 Å². The summed E-state index contributed by atoms with van der Waals surface area (Å²) in [6.45, 7) is 1.34. The lowest BCUT2D eigenvalue weighted by molar-refractivity contribution is 0.0998. The maximum absolute atomic E-state index is 12.4. The van der Waals surface area contributed by atoms with Crippen LogP contribution in [0.15, 0.2) is 52.9 Å². The predicted molar refractivity (Wildman–Crippen MR) is 86.8 cm³/mol. The molecule has 118 valence electrons. The van der Waals surface area contributed by atoms with Crippen LogP contribution in [0.4, 0.5) is 10.1 Å². The van der Waals surface area contributed by atoms with Gasteiger partial charge in [0.2, 0.25) is 0 Å². The van der Waals surface area contributed by atoms with Gasteiger partial charge in [-0.3, -0.25) is 4.79 Å². The summed E-state index contributed by atoms with van der Waals surface area (Å²) in [5.41, 5.74) is 2.11. The second-order valence-electron chi connectivity index (χ2n) is 5.07. The molecule has 0 atom stereocenters. The van der Waals surface area contributed by atoms with Crippen molar-refractivity contribution in [3.8, 4) is 5.75 Å². The Hall–Kier alpha value is -2.82. The molecule has 5 heteroatoms. The third kappa shape index (κ3) is 3.18. The minimum absolute atomic E-state index is 0.0177. The smallest absolute Gasteiger partial charge is 0.291 e. The molecule has 4 nitrogen and oxygen atoms in total. The number of hydrogen-bond acceptors (Lipinski definition) is 3. The number of benzene rings is 2. The summed E-state index contributed by atoms with van der Waals surface area (Å²) in [6.07, 6.45) is 0. The van der Waals surface area contributed by atoms with Crippen molar-refractivity contribution in [2.45, 2.75) is 6.92 Å². The average Bonchev–Trinajstić information content (AvgIpc) is 2.92. The van der Waals surface area contributed by atoms with Gasteiger partial charge < -0.3 is 14.5 Å². The summed E-state index contributed by atoms with van der Waals surface area (Å²) >= 11 is 0. The van der Waals surface area contributed by atoms with E-state index in [1.165, 1.54) is 0 Å². The van der Waals surface area contributed by atoms with E-state index in [1.54, 1.807) is 24.3 Å². The van der Waals surface area contributed by atoms with Crippen molar-refractivity contribution in [3.63, 3.8) is 0 Å². The zero-order chi connectivity index (χ0) is 16.2. The van der Waals surface area contributed by atoms with Crippen molar-refractivity contribution in [3.05, 3.63) is 59.9 Å². The highest BCUT2D eigenvalue weighted by Crippen LogP contribution is 2.26. The van der Waals surface area contributed by atoms with Gasteiger partial charge in [-0.2, -0.15) is 0 Å². The number of ether oxygens (including phenoxy) is 1. The van der Waals surface area contributed by atoms with Gasteiger partial charge in [0.25, 0.3) is 5.91 Å². The molecule has 0 fully saturated rings. The highest BCUT2D eigenvalue weighted by molar-refractivity contribution is 6.06. The fraction of sp³-hybridized carbons (Fsp3) is 0.167. The predicted octanol–water partition coefficient (Wildman–Crippen LogP) is 4.34. The first kappa shape index (κ1) is 15.1. The molecule has 1 heterocycles. The molecule has 0 aliphatic carbocycles. The molecule has 1 N–H and O–H groups in total. The number of amides is 1. The van der Waals surface area contributed by atoms with E-state index in [0.29, 0.717) is 22.8 Å². The maximum atomic E-state index is 12.4. The highest BCUT2D eigenvalue weighted by Gasteiger charge is 2.17. The number of anilines is 1. The Morgan fingerprint density at radius 1 is 1.17 bits per heavy atom. The third-order valence-electron chi connectivity index (χ3n) is 3.51. The zero-order valence-electron chi connectivity index (χ0n) is 12.6. The fourth-order valence-corrected chi connectivity index (χ4v) is 2.37. The van der Waals surface area contributed by atoms with Gasteiger partial charge in [0.1, 0.15) is 24.6 Å². The molecule has 0 spiro atoms. The van der Waals surface area contributed by atoms with Crippen LogP contribution in [0.2, 0.25) is 0 Å². The molecule has 0 bridgehead atoms. The van der Waals surface area contributed by atoms with E-state index in [4.69, 9.17) is 9.15 Å². The van der Waals surface area contributed by atoms with Crippen LogP contribution in [-0.4, -0.2) is 19.2 Å². The first-order valence-electron chi connectivity index (χ1n) is 7.27. The molecule has 0 saturated heterocycles. The Morgan fingerprint density at radius 3 is 2.61 bits per heavy atom. The van der Waals surface area contributed by atoms with Gasteiger partial charge in [-0.1, -0.05) is 18.2 Å². The molecule has 0 aliphatic heterocycles. The second-order valence-corrected chi connectivity index (χ2v) is 5.07. The Kier molecular flexibility index (Phi) is 4.28. The number of alkyl halides is 1. The number of nitrogens with one attached hydrogen (secondary N) is 1.